The summed E-state index contributed by atoms with van der Waals surface area (Å²) in [7, 11) is 0. The molecule has 1 amide bonds. The fourth-order valence-electron chi connectivity index (χ4n) is 4.42. The van der Waals surface area contributed by atoms with E-state index < -0.39 is 0 Å². The average molecular weight is 477 g/mol. The van der Waals surface area contributed by atoms with Crippen molar-refractivity contribution in [2.75, 3.05) is 18.0 Å². The topological polar surface area (TPSA) is 67.2 Å². The first kappa shape index (κ1) is 22.3. The summed E-state index contributed by atoms with van der Waals surface area (Å²) in [6.07, 6.45) is 1.55. The van der Waals surface area contributed by atoms with Crippen LogP contribution in [0.15, 0.2) is 70.8 Å². The van der Waals surface area contributed by atoms with Crippen LogP contribution in [-0.4, -0.2) is 28.5 Å². The van der Waals surface area contributed by atoms with Crippen molar-refractivity contribution >= 4 is 33.4 Å². The van der Waals surface area contributed by atoms with Gasteiger partial charge in [-0.05, 0) is 35.9 Å². The smallest absolute Gasteiger partial charge is 0.273 e. The Morgan fingerprint density at radius 2 is 1.91 bits per heavy atom. The molecular weight excluding hydrogens is 451 g/mol. The number of anilines is 1. The van der Waals surface area contributed by atoms with Gasteiger partial charge in [0.15, 0.2) is 0 Å². The highest BCUT2D eigenvalue weighted by molar-refractivity contribution is 7.17. The van der Waals surface area contributed by atoms with E-state index in [0.717, 1.165) is 18.4 Å². The van der Waals surface area contributed by atoms with E-state index in [0.29, 0.717) is 41.4 Å². The molecule has 2 aromatic heterocycles. The monoisotopic (exact) mass is 476 g/mol. The minimum Gasteiger partial charge on any atom is -0.352 e. The predicted molar refractivity (Wildman–Crippen MR) is 133 cm³/mol. The first-order valence-corrected chi connectivity index (χ1v) is 12.3. The average Bonchev–Trinajstić information content (AvgIpc) is 3.35. The molecule has 1 aliphatic rings. The Morgan fingerprint density at radius 3 is 2.74 bits per heavy atom. The summed E-state index contributed by atoms with van der Waals surface area (Å²) < 4.78 is 16.3. The lowest BCUT2D eigenvalue weighted by molar-refractivity contribution is -0.125. The number of carbonyl (C=O) groups excluding carboxylic acids is 1. The fourth-order valence-corrected chi connectivity index (χ4v) is 5.20. The number of nitrogens with zero attached hydrogens (tertiary/aromatic N) is 3. The Labute approximate surface area is 200 Å². The Bertz CT molecular complexity index is 1370. The number of halogens is 1. The first-order chi connectivity index (χ1) is 16.6. The van der Waals surface area contributed by atoms with Gasteiger partial charge in [0, 0.05) is 25.2 Å². The fraction of sp³-hybridized carbons (Fsp3) is 0.269. The van der Waals surface area contributed by atoms with E-state index in [1.54, 1.807) is 22.8 Å². The van der Waals surface area contributed by atoms with Gasteiger partial charge in [-0.15, -0.1) is 11.3 Å². The lowest BCUT2D eigenvalue weighted by atomic mass is 9.97. The van der Waals surface area contributed by atoms with Crippen LogP contribution in [0.5, 0.6) is 0 Å². The van der Waals surface area contributed by atoms with Gasteiger partial charge in [-0.25, -0.2) is 9.37 Å². The number of amides is 1. The molecule has 4 aromatic rings. The molecule has 0 saturated carbocycles. The summed E-state index contributed by atoms with van der Waals surface area (Å²) >= 11 is 1.40. The van der Waals surface area contributed by atoms with Crippen LogP contribution < -0.4 is 15.8 Å². The quantitative estimate of drug-likeness (QED) is 0.453. The number of hydrogen-bond acceptors (Lipinski definition) is 5. The van der Waals surface area contributed by atoms with Crippen molar-refractivity contribution in [1.82, 2.24) is 14.9 Å². The summed E-state index contributed by atoms with van der Waals surface area (Å²) in [6.45, 7) is 1.74. The van der Waals surface area contributed by atoms with Crippen LogP contribution in [0.1, 0.15) is 24.0 Å². The number of aromatic nitrogens is 2. The molecule has 1 N–H and O–H groups in total. The number of piperidine rings is 1. The lowest BCUT2D eigenvalue weighted by Crippen LogP contribution is -2.45. The molecule has 5 rings (SSSR count). The normalized spacial score (nSPS) is 16.0. The van der Waals surface area contributed by atoms with Crippen molar-refractivity contribution in [3.8, 4) is 0 Å². The van der Waals surface area contributed by atoms with Gasteiger partial charge in [0.2, 0.25) is 11.9 Å². The van der Waals surface area contributed by atoms with Crippen molar-refractivity contribution in [3.63, 3.8) is 0 Å². The van der Waals surface area contributed by atoms with Crippen LogP contribution in [-0.2, 0) is 17.9 Å². The van der Waals surface area contributed by atoms with Crippen LogP contribution >= 0.6 is 11.3 Å². The number of nitrogens with one attached hydrogen (secondary N) is 1. The number of thiophene rings is 1. The lowest BCUT2D eigenvalue weighted by Gasteiger charge is -2.34. The zero-order valence-electron chi connectivity index (χ0n) is 18.6. The Balaban J connectivity index is 1.39. The summed E-state index contributed by atoms with van der Waals surface area (Å²) in [4.78, 5) is 33.2. The molecular formula is C26H25FN4O2S. The molecule has 0 bridgehead atoms. The molecule has 1 saturated heterocycles. The first-order valence-electron chi connectivity index (χ1n) is 11.4. The minimum absolute atomic E-state index is 0.0648. The SMILES string of the molecule is O=C(NCc1ccccc1F)[C@@H]1CCCN(c2nc3ccsc3c(=O)n2Cc2ccccc2)C1. The van der Waals surface area contributed by atoms with Crippen molar-refractivity contribution in [2.45, 2.75) is 25.9 Å². The van der Waals surface area contributed by atoms with Crippen LogP contribution in [0.25, 0.3) is 10.2 Å². The summed E-state index contributed by atoms with van der Waals surface area (Å²) in [5, 5.41) is 4.76. The maximum Gasteiger partial charge on any atom is 0.273 e. The second-order valence-corrected chi connectivity index (χ2v) is 9.43. The molecule has 0 unspecified atom stereocenters. The largest absolute Gasteiger partial charge is 0.352 e. The molecule has 8 heteroatoms. The summed E-state index contributed by atoms with van der Waals surface area (Å²) in [5.41, 5.74) is 2.09. The zero-order valence-corrected chi connectivity index (χ0v) is 19.4. The van der Waals surface area contributed by atoms with Crippen LogP contribution in [0.2, 0.25) is 0 Å². The summed E-state index contributed by atoms with van der Waals surface area (Å²) in [5.74, 6) is -0.111. The Morgan fingerprint density at radius 1 is 1.12 bits per heavy atom. The molecule has 34 heavy (non-hydrogen) atoms. The second kappa shape index (κ2) is 9.77. The zero-order chi connectivity index (χ0) is 23.5. The number of rotatable bonds is 6. The van der Waals surface area contributed by atoms with E-state index in [2.05, 4.69) is 5.32 Å². The van der Waals surface area contributed by atoms with Crippen molar-refractivity contribution in [2.24, 2.45) is 5.92 Å². The summed E-state index contributed by atoms with van der Waals surface area (Å²) in [6, 6.07) is 18.1. The molecule has 2 aromatic carbocycles. The number of carbonyl (C=O) groups is 1. The molecule has 0 spiro atoms. The molecule has 1 fully saturated rings. The Hall–Kier alpha value is -3.52. The van der Waals surface area contributed by atoms with E-state index in [-0.39, 0.29) is 29.7 Å². The molecule has 3 heterocycles. The molecule has 0 aliphatic carbocycles. The van der Waals surface area contributed by atoms with Crippen molar-refractivity contribution in [3.05, 3.63) is 93.3 Å². The number of benzene rings is 2. The van der Waals surface area contributed by atoms with Gasteiger partial charge in [-0.2, -0.15) is 0 Å². The maximum atomic E-state index is 13.9. The van der Waals surface area contributed by atoms with E-state index in [9.17, 15) is 14.0 Å². The van der Waals surface area contributed by atoms with Gasteiger partial charge in [0.25, 0.3) is 5.56 Å². The van der Waals surface area contributed by atoms with Crippen LogP contribution in [0, 0.1) is 11.7 Å². The number of hydrogen-bond donors (Lipinski definition) is 1. The van der Waals surface area contributed by atoms with Gasteiger partial charge < -0.3 is 10.2 Å². The van der Waals surface area contributed by atoms with E-state index >= 15 is 0 Å². The highest BCUT2D eigenvalue weighted by atomic mass is 32.1. The third-order valence-corrected chi connectivity index (χ3v) is 7.11. The molecule has 0 radical (unpaired) electrons. The highest BCUT2D eigenvalue weighted by Gasteiger charge is 2.29. The standard InChI is InChI=1S/C26H25FN4O2S/c27-21-11-5-4-9-19(21)15-28-24(32)20-10-6-13-30(17-20)26-29-22-12-14-34-23(22)25(33)31(26)16-18-7-2-1-3-8-18/h1-5,7-9,11-12,14,20H,6,10,13,15-17H2,(H,28,32)/t20-/m1/s1. The second-order valence-electron chi connectivity index (χ2n) is 8.52. The molecule has 1 aliphatic heterocycles. The van der Waals surface area contributed by atoms with Crippen molar-refractivity contribution in [1.29, 1.82) is 0 Å². The Kier molecular flexibility index (Phi) is 6.40. The van der Waals surface area contributed by atoms with Gasteiger partial charge in [0.1, 0.15) is 10.5 Å². The number of fused-ring (bicyclic) bond motifs is 1. The van der Waals surface area contributed by atoms with E-state index in [4.69, 9.17) is 4.98 Å². The van der Waals surface area contributed by atoms with Gasteiger partial charge >= 0.3 is 0 Å². The van der Waals surface area contributed by atoms with E-state index in [1.165, 1.54) is 17.4 Å². The van der Waals surface area contributed by atoms with Crippen LogP contribution in [0.4, 0.5) is 10.3 Å². The van der Waals surface area contributed by atoms with Gasteiger partial charge in [-0.3, -0.25) is 14.2 Å². The van der Waals surface area contributed by atoms with Crippen LogP contribution in [0.3, 0.4) is 0 Å². The predicted octanol–water partition coefficient (Wildman–Crippen LogP) is 4.18. The van der Waals surface area contributed by atoms with Gasteiger partial charge in [0.05, 0.1) is 18.0 Å². The van der Waals surface area contributed by atoms with Crippen molar-refractivity contribution < 1.29 is 9.18 Å². The third kappa shape index (κ3) is 4.59. The maximum absolute atomic E-state index is 13.9. The molecule has 6 nitrogen and oxygen atoms in total. The minimum atomic E-state index is -0.328. The molecule has 1 atom stereocenters. The third-order valence-electron chi connectivity index (χ3n) is 6.22. The van der Waals surface area contributed by atoms with Gasteiger partial charge in [-0.1, -0.05) is 48.5 Å². The van der Waals surface area contributed by atoms with E-state index in [1.807, 2.05) is 46.7 Å². The highest BCUT2D eigenvalue weighted by Crippen LogP contribution is 2.25. The molecule has 174 valence electrons.